The van der Waals surface area contributed by atoms with Crippen molar-refractivity contribution in [3.63, 3.8) is 0 Å². The van der Waals surface area contributed by atoms with Crippen LogP contribution in [-0.2, 0) is 21.2 Å². The summed E-state index contributed by atoms with van der Waals surface area (Å²) in [6.07, 6.45) is 2.94. The summed E-state index contributed by atoms with van der Waals surface area (Å²) in [4.78, 5) is 31.8. The zero-order valence-corrected chi connectivity index (χ0v) is 20.7. The predicted octanol–water partition coefficient (Wildman–Crippen LogP) is 2.94. The largest absolute Gasteiger partial charge is 0.465 e. The van der Waals surface area contributed by atoms with Crippen LogP contribution in [0.5, 0.6) is 0 Å². The van der Waals surface area contributed by atoms with Crippen LogP contribution < -0.4 is 0 Å². The summed E-state index contributed by atoms with van der Waals surface area (Å²) in [6.45, 7) is 7.73. The fourth-order valence-corrected chi connectivity index (χ4v) is 6.67. The van der Waals surface area contributed by atoms with Crippen LogP contribution in [0.15, 0.2) is 9.31 Å². The zero-order valence-electron chi connectivity index (χ0n) is 19.1. The van der Waals surface area contributed by atoms with E-state index in [1.165, 1.54) is 36.6 Å². The second kappa shape index (κ2) is 9.72. The number of nitrogens with zero attached hydrogens (tertiary/aromatic N) is 3. The Morgan fingerprint density at radius 1 is 1.12 bits per heavy atom. The normalized spacial score (nSPS) is 15.2. The molecule has 0 N–H and O–H groups in total. The molecule has 2 aromatic heterocycles. The number of aromatic nitrogens is 1. The van der Waals surface area contributed by atoms with Gasteiger partial charge in [0.2, 0.25) is 10.0 Å². The molecule has 3 heterocycles. The number of esters is 1. The first-order valence-electron chi connectivity index (χ1n) is 10.6. The van der Waals surface area contributed by atoms with Gasteiger partial charge in [-0.1, -0.05) is 13.3 Å². The number of carbonyl (C=O) groups excluding carboxylic acids is 2. The molecule has 3 rings (SSSR count). The number of unbranched alkanes of at least 4 members (excludes halogenated alkanes) is 1. The standard InChI is InChI=1S/C21H29N3O6S2/c1-6-7-8-16-22-13(2)18(31-16)20(25)23-9-11-24(12-10-23)32(27,28)19-15(4)30-14(3)17(19)21(26)29-5/h6-12H2,1-5H3. The molecule has 0 radical (unpaired) electrons. The molecule has 0 atom stereocenters. The van der Waals surface area contributed by atoms with Gasteiger partial charge in [-0.2, -0.15) is 4.31 Å². The molecule has 0 unspecified atom stereocenters. The van der Waals surface area contributed by atoms with E-state index < -0.39 is 16.0 Å². The lowest BCUT2D eigenvalue weighted by atomic mass is 10.2. The van der Waals surface area contributed by atoms with Crippen LogP contribution in [0.1, 0.15) is 62.0 Å². The lowest BCUT2D eigenvalue weighted by Gasteiger charge is -2.33. The number of piperazine rings is 1. The molecular formula is C21H29N3O6S2. The number of furan rings is 1. The number of rotatable bonds is 7. The monoisotopic (exact) mass is 483 g/mol. The zero-order chi connectivity index (χ0) is 23.6. The van der Waals surface area contributed by atoms with Crippen LogP contribution in [0.25, 0.3) is 0 Å². The highest BCUT2D eigenvalue weighted by atomic mass is 32.2. The molecule has 176 valence electrons. The van der Waals surface area contributed by atoms with Crippen molar-refractivity contribution in [3.05, 3.63) is 32.7 Å². The third kappa shape index (κ3) is 4.60. The van der Waals surface area contributed by atoms with Crippen molar-refractivity contribution < 1.29 is 27.2 Å². The molecule has 0 aliphatic carbocycles. The molecule has 1 aliphatic heterocycles. The second-order valence-electron chi connectivity index (χ2n) is 7.73. The number of carbonyl (C=O) groups is 2. The SMILES string of the molecule is CCCCc1nc(C)c(C(=O)N2CCN(S(=O)(=O)c3c(C)oc(C)c3C(=O)OC)CC2)s1. The van der Waals surface area contributed by atoms with Crippen LogP contribution in [0.4, 0.5) is 0 Å². The number of ether oxygens (including phenoxy) is 1. The Bertz CT molecular complexity index is 1110. The first kappa shape index (κ1) is 24.4. The van der Waals surface area contributed by atoms with Gasteiger partial charge in [0.25, 0.3) is 5.91 Å². The molecule has 0 bridgehead atoms. The van der Waals surface area contributed by atoms with Gasteiger partial charge in [0.1, 0.15) is 26.9 Å². The van der Waals surface area contributed by atoms with E-state index in [1.807, 2.05) is 6.92 Å². The van der Waals surface area contributed by atoms with Gasteiger partial charge in [0.15, 0.2) is 0 Å². The Kier molecular flexibility index (Phi) is 7.41. The van der Waals surface area contributed by atoms with Gasteiger partial charge in [-0.25, -0.2) is 18.2 Å². The minimum Gasteiger partial charge on any atom is -0.465 e. The third-order valence-corrected chi connectivity index (χ3v) is 8.76. The van der Waals surface area contributed by atoms with E-state index in [2.05, 4.69) is 11.9 Å². The van der Waals surface area contributed by atoms with Crippen LogP contribution in [0, 0.1) is 20.8 Å². The van der Waals surface area contributed by atoms with Crippen molar-refractivity contribution >= 4 is 33.2 Å². The highest BCUT2D eigenvalue weighted by Crippen LogP contribution is 2.31. The Balaban J connectivity index is 1.76. The van der Waals surface area contributed by atoms with Crippen molar-refractivity contribution in [1.29, 1.82) is 0 Å². The average Bonchev–Trinajstić information content (AvgIpc) is 3.29. The van der Waals surface area contributed by atoms with Crippen molar-refractivity contribution in [3.8, 4) is 0 Å². The van der Waals surface area contributed by atoms with Crippen LogP contribution in [0.2, 0.25) is 0 Å². The number of amides is 1. The van der Waals surface area contributed by atoms with Gasteiger partial charge < -0.3 is 14.1 Å². The fourth-order valence-electron chi connectivity index (χ4n) is 3.80. The number of methoxy groups -OCH3 is 1. The van der Waals surface area contributed by atoms with Gasteiger partial charge in [0, 0.05) is 26.2 Å². The number of hydrogen-bond donors (Lipinski definition) is 0. The van der Waals surface area contributed by atoms with E-state index in [1.54, 1.807) is 4.90 Å². The van der Waals surface area contributed by atoms with Gasteiger partial charge >= 0.3 is 5.97 Å². The first-order valence-corrected chi connectivity index (χ1v) is 12.8. The molecular weight excluding hydrogens is 454 g/mol. The van der Waals surface area contributed by atoms with Gasteiger partial charge in [0.05, 0.1) is 17.8 Å². The molecule has 32 heavy (non-hydrogen) atoms. The molecule has 1 fully saturated rings. The summed E-state index contributed by atoms with van der Waals surface area (Å²) < 4.78 is 38.1. The maximum atomic E-state index is 13.3. The Hall–Kier alpha value is -2.24. The molecule has 9 nitrogen and oxygen atoms in total. The maximum absolute atomic E-state index is 13.3. The summed E-state index contributed by atoms with van der Waals surface area (Å²) in [5.41, 5.74) is 0.636. The van der Waals surface area contributed by atoms with E-state index in [0.717, 1.165) is 24.3 Å². The van der Waals surface area contributed by atoms with Crippen molar-refractivity contribution in [2.24, 2.45) is 0 Å². The second-order valence-corrected chi connectivity index (χ2v) is 10.7. The van der Waals surface area contributed by atoms with Crippen molar-refractivity contribution in [2.45, 2.75) is 51.9 Å². The van der Waals surface area contributed by atoms with Gasteiger partial charge in [-0.15, -0.1) is 11.3 Å². The molecule has 0 aromatic carbocycles. The average molecular weight is 484 g/mol. The van der Waals surface area contributed by atoms with E-state index >= 15 is 0 Å². The van der Waals surface area contributed by atoms with Crippen LogP contribution in [0.3, 0.4) is 0 Å². The van der Waals surface area contributed by atoms with E-state index in [0.29, 0.717) is 10.6 Å². The molecule has 0 spiro atoms. The van der Waals surface area contributed by atoms with Gasteiger partial charge in [-0.05, 0) is 33.6 Å². The van der Waals surface area contributed by atoms with E-state index in [4.69, 9.17) is 9.15 Å². The Morgan fingerprint density at radius 3 is 2.38 bits per heavy atom. The van der Waals surface area contributed by atoms with E-state index in [9.17, 15) is 18.0 Å². The predicted molar refractivity (Wildman–Crippen MR) is 120 cm³/mol. The third-order valence-electron chi connectivity index (χ3n) is 5.50. The summed E-state index contributed by atoms with van der Waals surface area (Å²) >= 11 is 1.42. The van der Waals surface area contributed by atoms with Crippen LogP contribution in [-0.4, -0.2) is 67.8 Å². The van der Waals surface area contributed by atoms with Crippen molar-refractivity contribution in [1.82, 2.24) is 14.2 Å². The quantitative estimate of drug-likeness (QED) is 0.557. The summed E-state index contributed by atoms with van der Waals surface area (Å²) in [7, 11) is -2.80. The molecule has 0 saturated carbocycles. The van der Waals surface area contributed by atoms with Crippen molar-refractivity contribution in [2.75, 3.05) is 33.3 Å². The number of hydrogen-bond acceptors (Lipinski definition) is 8. The Labute approximate surface area is 192 Å². The summed E-state index contributed by atoms with van der Waals surface area (Å²) in [5, 5.41) is 0.954. The lowest BCUT2D eigenvalue weighted by molar-refractivity contribution is 0.0594. The number of aryl methyl sites for hydroxylation is 4. The minimum atomic E-state index is -3.99. The smallest absolute Gasteiger partial charge is 0.342 e. The highest BCUT2D eigenvalue weighted by molar-refractivity contribution is 7.89. The number of sulfonamides is 1. The summed E-state index contributed by atoms with van der Waals surface area (Å²) in [5.74, 6) is -0.542. The molecule has 1 aliphatic rings. The molecule has 1 saturated heterocycles. The topological polar surface area (TPSA) is 110 Å². The minimum absolute atomic E-state index is 0.0802. The fraction of sp³-hybridized carbons (Fsp3) is 0.571. The number of thiazole rings is 1. The molecule has 11 heteroatoms. The Morgan fingerprint density at radius 2 is 1.78 bits per heavy atom. The first-order chi connectivity index (χ1) is 15.1. The van der Waals surface area contributed by atoms with Gasteiger partial charge in [-0.3, -0.25) is 4.79 Å². The van der Waals surface area contributed by atoms with Crippen LogP contribution >= 0.6 is 11.3 Å². The highest BCUT2D eigenvalue weighted by Gasteiger charge is 2.38. The maximum Gasteiger partial charge on any atom is 0.342 e. The van der Waals surface area contributed by atoms with E-state index in [-0.39, 0.29) is 54.1 Å². The molecule has 1 amide bonds. The summed E-state index contributed by atoms with van der Waals surface area (Å²) in [6, 6.07) is 0. The molecule has 2 aromatic rings. The lowest BCUT2D eigenvalue weighted by Crippen LogP contribution is -2.50.